The molecule has 3 fully saturated rings. The summed E-state index contributed by atoms with van der Waals surface area (Å²) < 4.78 is 11.7. The van der Waals surface area contributed by atoms with Crippen LogP contribution in [0.25, 0.3) is 5.70 Å². The molecule has 14 heteroatoms. The molecule has 4 heterocycles. The smallest absolute Gasteiger partial charge is 0.267 e. The normalized spacial score (nSPS) is 26.4. The average Bonchev–Trinajstić information content (AvgIpc) is 3.82. The molecule has 2 aromatic heterocycles. The third-order valence-electron chi connectivity index (χ3n) is 10.0. The molecule has 0 aromatic carbocycles. The van der Waals surface area contributed by atoms with Gasteiger partial charge in [0, 0.05) is 35.4 Å². The highest BCUT2D eigenvalue weighted by molar-refractivity contribution is 7.16. The van der Waals surface area contributed by atoms with E-state index in [0.29, 0.717) is 55.0 Å². The van der Waals surface area contributed by atoms with Crippen LogP contribution < -0.4 is 27.3 Å². The van der Waals surface area contributed by atoms with E-state index in [9.17, 15) is 14.9 Å². The number of hydrogen-bond donors (Lipinski definition) is 4. The SMILES string of the molecule is C[C@H](Oc1cc(N=CC=C(N)C(=O)N[C@H]2CCOC2)nc(C(N)=C2CCC[C@@]3(CCCc4sc(N)c(C#N)c43)C2=O)n1)[C@@H]1CCCN1C. The van der Waals surface area contributed by atoms with Crippen molar-refractivity contribution in [1.82, 2.24) is 20.2 Å². The van der Waals surface area contributed by atoms with Crippen molar-refractivity contribution in [2.24, 2.45) is 16.5 Å². The summed E-state index contributed by atoms with van der Waals surface area (Å²) in [5.41, 5.74) is 20.0. The van der Waals surface area contributed by atoms with Gasteiger partial charge in [0.15, 0.2) is 17.4 Å². The Hall–Kier alpha value is -4.32. The maximum absolute atomic E-state index is 14.5. The van der Waals surface area contributed by atoms with E-state index in [4.69, 9.17) is 26.7 Å². The largest absolute Gasteiger partial charge is 0.473 e. The second-order valence-electron chi connectivity index (χ2n) is 13.1. The van der Waals surface area contributed by atoms with Gasteiger partial charge in [0.2, 0.25) is 5.88 Å². The van der Waals surface area contributed by atoms with Gasteiger partial charge >= 0.3 is 0 Å². The van der Waals surface area contributed by atoms with Crippen LogP contribution in [0.1, 0.15) is 80.1 Å². The van der Waals surface area contributed by atoms with Crippen molar-refractivity contribution in [3.63, 3.8) is 0 Å². The van der Waals surface area contributed by atoms with Gasteiger partial charge in [0.25, 0.3) is 5.91 Å². The lowest BCUT2D eigenvalue weighted by Gasteiger charge is -2.40. The summed E-state index contributed by atoms with van der Waals surface area (Å²) in [5, 5.41) is 13.3. The lowest BCUT2D eigenvalue weighted by molar-refractivity contribution is -0.123. The third-order valence-corrected chi connectivity index (χ3v) is 11.1. The summed E-state index contributed by atoms with van der Waals surface area (Å²) >= 11 is 1.41. The number of nitrogens with zero attached hydrogens (tertiary/aromatic N) is 5. The zero-order valence-corrected chi connectivity index (χ0v) is 28.3. The number of nitrogen functional groups attached to an aromatic ring is 1. The van der Waals surface area contributed by atoms with E-state index >= 15 is 0 Å². The van der Waals surface area contributed by atoms with E-state index in [1.54, 1.807) is 6.07 Å². The molecule has 2 aromatic rings. The number of nitriles is 1. The lowest BCUT2D eigenvalue weighted by atomic mass is 9.61. The zero-order chi connectivity index (χ0) is 34.0. The molecule has 0 unspecified atom stereocenters. The van der Waals surface area contributed by atoms with Crippen molar-refractivity contribution in [2.45, 2.75) is 88.3 Å². The number of hydrogen-bond acceptors (Lipinski definition) is 13. The maximum Gasteiger partial charge on any atom is 0.267 e. The Labute approximate surface area is 284 Å². The number of Topliss-reactive ketones (excluding diaryl/α,β-unsaturated/α-hetero) is 1. The number of likely N-dealkylation sites (tertiary alicyclic amines) is 1. The standard InChI is InChI=1S/C34H43N9O4S/c1-19(24-7-5-14-43(24)2)47-27-16-26(39-13-9-23(36)33(45)40-20-10-15-46-18-20)41-32(42-27)29(37)21-6-3-11-34(30(21)44)12-4-8-25-28(34)22(17-35)31(38)48-25/h9,13,16,19-20,24H,3-8,10-12,14-15,18,36-38H2,1-2H3,(H,40,45)/t19-,20-,24-,34-/m0/s1. The summed E-state index contributed by atoms with van der Waals surface area (Å²) in [4.78, 5) is 44.0. The number of ketones is 1. The highest BCUT2D eigenvalue weighted by atomic mass is 32.1. The van der Waals surface area contributed by atoms with Crippen molar-refractivity contribution in [3.05, 3.63) is 45.2 Å². The molecule has 0 bridgehead atoms. The molecule has 1 amide bonds. The third kappa shape index (κ3) is 6.54. The first-order valence-electron chi connectivity index (χ1n) is 16.6. The highest BCUT2D eigenvalue weighted by Gasteiger charge is 2.49. The first kappa shape index (κ1) is 33.6. The Balaban J connectivity index is 1.34. The van der Waals surface area contributed by atoms with Crippen molar-refractivity contribution >= 4 is 45.8 Å². The number of aliphatic imine (C=N–C) groups is 1. The fourth-order valence-electron chi connectivity index (χ4n) is 7.56. The molecule has 2 aliphatic carbocycles. The predicted octanol–water partition coefficient (Wildman–Crippen LogP) is 3.00. The highest BCUT2D eigenvalue weighted by Crippen LogP contribution is 2.52. The van der Waals surface area contributed by atoms with Crippen molar-refractivity contribution in [1.29, 1.82) is 5.26 Å². The van der Waals surface area contributed by atoms with Crippen LogP contribution in [-0.4, -0.2) is 77.8 Å². The van der Waals surface area contributed by atoms with Crippen LogP contribution in [0.15, 0.2) is 28.4 Å². The van der Waals surface area contributed by atoms with Gasteiger partial charge in [-0.25, -0.2) is 9.98 Å². The quantitative estimate of drug-likeness (QED) is 0.237. The maximum atomic E-state index is 14.5. The number of thiophene rings is 1. The molecule has 7 N–H and O–H groups in total. The molecule has 0 radical (unpaired) electrons. The number of nitrogens with one attached hydrogen (secondary N) is 1. The molecule has 1 spiro atoms. The molecule has 48 heavy (non-hydrogen) atoms. The van der Waals surface area contributed by atoms with Gasteiger partial charge < -0.3 is 32.0 Å². The number of ether oxygens (including phenoxy) is 2. The number of likely N-dealkylation sites (N-methyl/N-ethyl adjacent to an activating group) is 1. The minimum atomic E-state index is -0.852. The number of amides is 1. The van der Waals surface area contributed by atoms with Gasteiger partial charge in [0.05, 0.1) is 35.0 Å². The van der Waals surface area contributed by atoms with E-state index in [1.165, 1.54) is 23.6 Å². The zero-order valence-electron chi connectivity index (χ0n) is 27.5. The van der Waals surface area contributed by atoms with Gasteiger partial charge in [0.1, 0.15) is 17.2 Å². The molecule has 254 valence electrons. The van der Waals surface area contributed by atoms with Crippen LogP contribution in [-0.2, 0) is 26.2 Å². The number of allylic oxidation sites excluding steroid dienone is 2. The summed E-state index contributed by atoms with van der Waals surface area (Å²) in [5.74, 6) is 0.126. The Kier molecular flexibility index (Phi) is 9.82. The van der Waals surface area contributed by atoms with Crippen molar-refractivity contribution in [2.75, 3.05) is 32.5 Å². The monoisotopic (exact) mass is 673 g/mol. The molecule has 1 saturated carbocycles. The van der Waals surface area contributed by atoms with Crippen LogP contribution >= 0.6 is 11.3 Å². The Morgan fingerprint density at radius 3 is 2.77 bits per heavy atom. The number of carbonyl (C=O) groups excluding carboxylic acids is 2. The lowest BCUT2D eigenvalue weighted by Crippen LogP contribution is -2.43. The summed E-state index contributed by atoms with van der Waals surface area (Å²) in [7, 11) is 2.08. The molecule has 6 rings (SSSR count). The summed E-state index contributed by atoms with van der Waals surface area (Å²) in [6.07, 6.45) is 9.48. The number of aromatic nitrogens is 2. The number of aryl methyl sites for hydroxylation is 1. The minimum absolute atomic E-state index is 0.00770. The fraction of sp³-hybridized carbons (Fsp3) is 0.529. The average molecular weight is 674 g/mol. The Morgan fingerprint density at radius 2 is 2.06 bits per heavy atom. The van der Waals surface area contributed by atoms with Gasteiger partial charge in [-0.05, 0) is 89.9 Å². The van der Waals surface area contributed by atoms with Crippen LogP contribution in [0.4, 0.5) is 10.8 Å². The minimum Gasteiger partial charge on any atom is -0.473 e. The molecule has 4 aliphatic rings. The first-order chi connectivity index (χ1) is 23.1. The molecule has 2 aliphatic heterocycles. The first-order valence-corrected chi connectivity index (χ1v) is 17.4. The van der Waals surface area contributed by atoms with Gasteiger partial charge in [-0.1, -0.05) is 0 Å². The summed E-state index contributed by atoms with van der Waals surface area (Å²) in [6, 6.07) is 4.01. The number of anilines is 1. The van der Waals surface area contributed by atoms with Crippen molar-refractivity contribution in [3.8, 4) is 11.9 Å². The Bertz CT molecular complexity index is 1720. The topological polar surface area (TPSA) is 208 Å². The number of carbonyl (C=O) groups is 2. The fourth-order valence-corrected chi connectivity index (χ4v) is 8.72. The molecule has 2 saturated heterocycles. The van der Waals surface area contributed by atoms with Crippen LogP contribution in [0.3, 0.4) is 0 Å². The van der Waals surface area contributed by atoms with Gasteiger partial charge in [-0.2, -0.15) is 10.2 Å². The number of nitrogens with two attached hydrogens (primary N) is 3. The van der Waals surface area contributed by atoms with Crippen LogP contribution in [0.5, 0.6) is 5.88 Å². The van der Waals surface area contributed by atoms with Crippen LogP contribution in [0.2, 0.25) is 0 Å². The van der Waals surface area contributed by atoms with E-state index in [0.717, 1.165) is 49.1 Å². The second kappa shape index (κ2) is 14.0. The molecule has 4 atom stereocenters. The Morgan fingerprint density at radius 1 is 1.27 bits per heavy atom. The second-order valence-corrected chi connectivity index (χ2v) is 14.2. The van der Waals surface area contributed by atoms with Gasteiger partial charge in [-0.3, -0.25) is 14.5 Å². The van der Waals surface area contributed by atoms with E-state index in [2.05, 4.69) is 38.3 Å². The van der Waals surface area contributed by atoms with Crippen LogP contribution in [0, 0.1) is 11.3 Å². The molecule has 13 nitrogen and oxygen atoms in total. The van der Waals surface area contributed by atoms with E-state index in [1.807, 2.05) is 6.92 Å². The molecular formula is C34H43N9O4S. The predicted molar refractivity (Wildman–Crippen MR) is 184 cm³/mol. The van der Waals surface area contributed by atoms with E-state index in [-0.39, 0.29) is 52.9 Å². The van der Waals surface area contributed by atoms with Crippen molar-refractivity contribution < 1.29 is 19.1 Å². The van der Waals surface area contributed by atoms with Gasteiger partial charge in [-0.15, -0.1) is 11.3 Å². The molecular weight excluding hydrogens is 630 g/mol. The van der Waals surface area contributed by atoms with E-state index < -0.39 is 11.3 Å². The number of fused-ring (bicyclic) bond motifs is 2. The summed E-state index contributed by atoms with van der Waals surface area (Å²) in [6.45, 7) is 4.05. The number of rotatable bonds is 8.